The molecule has 0 radical (unpaired) electrons. The fraction of sp³-hybridized carbons (Fsp3) is 0.750. The van der Waals surface area contributed by atoms with Gasteiger partial charge in [0.25, 0.3) is 0 Å². The molecule has 0 N–H and O–H groups in total. The lowest BCUT2D eigenvalue weighted by Crippen LogP contribution is -2.67. The average molecular weight is 408 g/mol. The van der Waals surface area contributed by atoms with Gasteiger partial charge in [-0.1, -0.05) is 0 Å². The van der Waals surface area contributed by atoms with Gasteiger partial charge in [-0.05, 0) is 43.6 Å². The van der Waals surface area contributed by atoms with Crippen molar-refractivity contribution in [3.05, 3.63) is 18.3 Å². The number of sulfonamides is 1. The quantitative estimate of drug-likeness (QED) is 0.757. The summed E-state index contributed by atoms with van der Waals surface area (Å²) in [5.41, 5.74) is 0.799. The van der Waals surface area contributed by atoms with Crippen LogP contribution in [0.5, 0.6) is 5.88 Å². The second-order valence-corrected chi connectivity index (χ2v) is 11.2. The van der Waals surface area contributed by atoms with Crippen LogP contribution in [0.15, 0.2) is 23.2 Å². The van der Waals surface area contributed by atoms with E-state index in [-0.39, 0.29) is 4.90 Å². The molecule has 5 rings (SSSR count). The number of nitrogens with zero attached hydrogens (tertiary/aromatic N) is 3. The molecule has 4 fully saturated rings. The Hall–Kier alpha value is -1.22. The molecule has 1 aromatic rings. The Morgan fingerprint density at radius 2 is 1.89 bits per heavy atom. The minimum Gasteiger partial charge on any atom is -0.481 e. The SMILES string of the molecule is COc1ccc(S(=O)(=O)N2CCC3(CCC(N4CC5(COC5)C4)C3)CC2)cn1. The Labute approximate surface area is 167 Å². The van der Waals surface area contributed by atoms with Crippen LogP contribution in [-0.2, 0) is 14.8 Å². The summed E-state index contributed by atoms with van der Waals surface area (Å²) in [6.07, 6.45) is 7.04. The molecule has 2 spiro atoms. The number of likely N-dealkylation sites (tertiary alicyclic amines) is 1. The van der Waals surface area contributed by atoms with Crippen LogP contribution in [0, 0.1) is 10.8 Å². The summed E-state index contributed by atoms with van der Waals surface area (Å²) in [7, 11) is -1.95. The first-order valence-corrected chi connectivity index (χ1v) is 11.7. The molecule has 28 heavy (non-hydrogen) atoms. The smallest absolute Gasteiger partial charge is 0.244 e. The monoisotopic (exact) mass is 407 g/mol. The van der Waals surface area contributed by atoms with Crippen molar-refractivity contribution in [2.75, 3.05) is 46.5 Å². The molecule has 1 aromatic heterocycles. The number of hydrogen-bond acceptors (Lipinski definition) is 6. The zero-order valence-corrected chi connectivity index (χ0v) is 17.3. The second-order valence-electron chi connectivity index (χ2n) is 9.23. The first-order chi connectivity index (χ1) is 13.4. The van der Waals surface area contributed by atoms with E-state index in [9.17, 15) is 8.42 Å². The van der Waals surface area contributed by atoms with Crippen molar-refractivity contribution in [1.29, 1.82) is 0 Å². The summed E-state index contributed by atoms with van der Waals surface area (Å²) < 4.78 is 38.0. The molecule has 0 aromatic carbocycles. The summed E-state index contributed by atoms with van der Waals surface area (Å²) >= 11 is 0. The summed E-state index contributed by atoms with van der Waals surface area (Å²) in [4.78, 5) is 6.95. The van der Waals surface area contributed by atoms with Crippen molar-refractivity contribution in [2.45, 2.75) is 43.0 Å². The lowest BCUT2D eigenvalue weighted by Gasteiger charge is -2.57. The standard InChI is InChI=1S/C20H29N3O4S/c1-26-18-3-2-17(11-21-18)28(24,25)23-8-6-19(7-9-23)5-4-16(10-19)22-12-20(13-22)14-27-15-20/h2-3,11,16H,4-10,12-15H2,1H3. The molecule has 0 amide bonds. The van der Waals surface area contributed by atoms with Gasteiger partial charge in [0, 0.05) is 43.7 Å². The highest BCUT2D eigenvalue weighted by molar-refractivity contribution is 7.89. The molecular weight excluding hydrogens is 378 g/mol. The van der Waals surface area contributed by atoms with E-state index in [1.54, 1.807) is 16.4 Å². The van der Waals surface area contributed by atoms with Gasteiger partial charge in [0.05, 0.1) is 26.5 Å². The van der Waals surface area contributed by atoms with Crippen LogP contribution < -0.4 is 4.74 Å². The Balaban J connectivity index is 1.19. The number of aromatic nitrogens is 1. The number of ether oxygens (including phenoxy) is 2. The summed E-state index contributed by atoms with van der Waals surface area (Å²) in [5.74, 6) is 0.426. The van der Waals surface area contributed by atoms with E-state index in [0.717, 1.165) is 26.1 Å². The van der Waals surface area contributed by atoms with Crippen molar-refractivity contribution < 1.29 is 17.9 Å². The van der Waals surface area contributed by atoms with E-state index in [1.807, 2.05) is 0 Å². The fourth-order valence-corrected chi connectivity index (χ4v) is 6.97. The van der Waals surface area contributed by atoms with Crippen LogP contribution in [-0.4, -0.2) is 75.2 Å². The zero-order valence-electron chi connectivity index (χ0n) is 16.5. The lowest BCUT2D eigenvalue weighted by atomic mass is 9.75. The second kappa shape index (κ2) is 6.65. The molecule has 8 heteroatoms. The summed E-state index contributed by atoms with van der Waals surface area (Å²) in [6, 6.07) is 3.87. The molecule has 1 atom stereocenters. The van der Waals surface area contributed by atoms with Crippen LogP contribution in [0.2, 0.25) is 0 Å². The average Bonchev–Trinajstić information content (AvgIpc) is 3.03. The molecule has 7 nitrogen and oxygen atoms in total. The third kappa shape index (κ3) is 3.05. The predicted molar refractivity (Wildman–Crippen MR) is 104 cm³/mol. The van der Waals surface area contributed by atoms with Gasteiger partial charge in [0.15, 0.2) is 0 Å². The number of piperidine rings is 1. The molecular formula is C20H29N3O4S. The number of hydrogen-bond donors (Lipinski definition) is 0. The van der Waals surface area contributed by atoms with Crippen LogP contribution in [0.3, 0.4) is 0 Å². The summed E-state index contributed by atoms with van der Waals surface area (Å²) in [5, 5.41) is 0. The van der Waals surface area contributed by atoms with Gasteiger partial charge in [-0.15, -0.1) is 0 Å². The summed E-state index contributed by atoms with van der Waals surface area (Å²) in [6.45, 7) is 5.48. The minimum absolute atomic E-state index is 0.252. The maximum atomic E-state index is 13.0. The van der Waals surface area contributed by atoms with Gasteiger partial charge < -0.3 is 9.47 Å². The lowest BCUT2D eigenvalue weighted by molar-refractivity contribution is -0.198. The molecule has 3 aliphatic heterocycles. The fourth-order valence-electron chi connectivity index (χ4n) is 5.58. The predicted octanol–water partition coefficient (Wildman–Crippen LogP) is 1.75. The molecule has 1 aliphatic carbocycles. The van der Waals surface area contributed by atoms with Crippen molar-refractivity contribution in [3.8, 4) is 5.88 Å². The van der Waals surface area contributed by atoms with Gasteiger partial charge in [-0.3, -0.25) is 4.90 Å². The van der Waals surface area contributed by atoms with Crippen molar-refractivity contribution in [1.82, 2.24) is 14.2 Å². The molecule has 4 heterocycles. The van der Waals surface area contributed by atoms with E-state index in [4.69, 9.17) is 9.47 Å². The van der Waals surface area contributed by atoms with Gasteiger partial charge in [-0.25, -0.2) is 13.4 Å². The van der Waals surface area contributed by atoms with Crippen molar-refractivity contribution in [3.63, 3.8) is 0 Å². The highest BCUT2D eigenvalue weighted by Gasteiger charge is 2.53. The highest BCUT2D eigenvalue weighted by Crippen LogP contribution is 2.51. The van der Waals surface area contributed by atoms with Crippen LogP contribution in [0.4, 0.5) is 0 Å². The first kappa shape index (κ1) is 18.8. The molecule has 3 saturated heterocycles. The largest absolute Gasteiger partial charge is 0.481 e. The maximum absolute atomic E-state index is 13.0. The molecule has 4 aliphatic rings. The molecule has 154 valence electrons. The number of methoxy groups -OCH3 is 1. The normalized spacial score (nSPS) is 29.5. The third-order valence-electron chi connectivity index (χ3n) is 7.43. The van der Waals surface area contributed by atoms with Crippen LogP contribution in [0.1, 0.15) is 32.1 Å². The highest BCUT2D eigenvalue weighted by atomic mass is 32.2. The van der Waals surface area contributed by atoms with Gasteiger partial charge in [0.1, 0.15) is 4.90 Å². The van der Waals surface area contributed by atoms with Gasteiger partial charge in [0.2, 0.25) is 15.9 Å². The van der Waals surface area contributed by atoms with Gasteiger partial charge >= 0.3 is 0 Å². The topological polar surface area (TPSA) is 72.0 Å². The zero-order chi connectivity index (χ0) is 19.4. The number of rotatable bonds is 4. The van der Waals surface area contributed by atoms with Crippen molar-refractivity contribution >= 4 is 10.0 Å². The van der Waals surface area contributed by atoms with E-state index in [0.29, 0.717) is 35.8 Å². The van der Waals surface area contributed by atoms with E-state index >= 15 is 0 Å². The molecule has 0 bridgehead atoms. The van der Waals surface area contributed by atoms with E-state index in [1.165, 1.54) is 45.7 Å². The number of pyridine rings is 1. The Morgan fingerprint density at radius 3 is 2.46 bits per heavy atom. The molecule has 1 unspecified atom stereocenters. The molecule has 1 saturated carbocycles. The van der Waals surface area contributed by atoms with Gasteiger partial charge in [-0.2, -0.15) is 4.31 Å². The third-order valence-corrected chi connectivity index (χ3v) is 9.31. The van der Waals surface area contributed by atoms with Crippen molar-refractivity contribution in [2.24, 2.45) is 10.8 Å². The minimum atomic E-state index is -3.48. The van der Waals surface area contributed by atoms with E-state index < -0.39 is 10.0 Å². The Kier molecular flexibility index (Phi) is 4.46. The Bertz CT molecular complexity index is 822. The van der Waals surface area contributed by atoms with Crippen LogP contribution in [0.25, 0.3) is 0 Å². The van der Waals surface area contributed by atoms with Crippen LogP contribution >= 0.6 is 0 Å². The first-order valence-electron chi connectivity index (χ1n) is 10.3. The van der Waals surface area contributed by atoms with E-state index in [2.05, 4.69) is 9.88 Å². The Morgan fingerprint density at radius 1 is 1.14 bits per heavy atom. The maximum Gasteiger partial charge on any atom is 0.244 e.